The van der Waals surface area contributed by atoms with Crippen LogP contribution >= 0.6 is 0 Å². The summed E-state index contributed by atoms with van der Waals surface area (Å²) in [5.41, 5.74) is 1.09. The third-order valence-corrected chi connectivity index (χ3v) is 5.35. The second kappa shape index (κ2) is 4.45. The highest BCUT2D eigenvalue weighted by Gasteiger charge is 2.34. The summed E-state index contributed by atoms with van der Waals surface area (Å²) in [5.74, 6) is -0.254. The Morgan fingerprint density at radius 3 is 2.25 bits per heavy atom. The van der Waals surface area contributed by atoms with Gasteiger partial charge in [0.2, 0.25) is 0 Å². The molecule has 1 heterocycles. The largest absolute Gasteiger partial charge is 0.288 e. The smallest absolute Gasteiger partial charge is 0.265 e. The first-order valence-electron chi connectivity index (χ1n) is 6.33. The first kappa shape index (κ1) is 12.9. The highest BCUT2D eigenvalue weighted by molar-refractivity contribution is 7.93. The molecule has 0 bridgehead atoms. The molecule has 20 heavy (non-hydrogen) atoms. The maximum atomic E-state index is 12.7. The molecule has 0 saturated heterocycles. The van der Waals surface area contributed by atoms with E-state index in [4.69, 9.17) is 0 Å². The van der Waals surface area contributed by atoms with E-state index in [0.29, 0.717) is 11.3 Å². The van der Waals surface area contributed by atoms with E-state index in [1.165, 1.54) is 10.4 Å². The molecular weight excluding hydrogens is 274 g/mol. The van der Waals surface area contributed by atoms with E-state index < -0.39 is 10.0 Å². The minimum atomic E-state index is -3.70. The zero-order chi connectivity index (χ0) is 14.3. The number of rotatable bonds is 1. The minimum Gasteiger partial charge on any atom is -0.288 e. The van der Waals surface area contributed by atoms with E-state index in [1.807, 2.05) is 0 Å². The van der Waals surface area contributed by atoms with Gasteiger partial charge >= 0.3 is 0 Å². The zero-order valence-corrected chi connectivity index (χ0v) is 11.7. The van der Waals surface area contributed by atoms with Crippen LogP contribution in [0.2, 0.25) is 0 Å². The van der Waals surface area contributed by atoms with E-state index >= 15 is 0 Å². The highest BCUT2D eigenvalue weighted by atomic mass is 32.2. The first-order chi connectivity index (χ1) is 9.57. The molecule has 3 rings (SSSR count). The van der Waals surface area contributed by atoms with Gasteiger partial charge in [0.15, 0.2) is 5.78 Å². The van der Waals surface area contributed by atoms with Crippen molar-refractivity contribution in [2.75, 3.05) is 10.8 Å². The monoisotopic (exact) mass is 287 g/mol. The third kappa shape index (κ3) is 1.67. The summed E-state index contributed by atoms with van der Waals surface area (Å²) < 4.78 is 26.8. The summed E-state index contributed by atoms with van der Waals surface area (Å²) in [6, 6.07) is 13.2. The summed E-state index contributed by atoms with van der Waals surface area (Å²) in [6.07, 6.45) is 0. The second-order valence-corrected chi connectivity index (χ2v) is 6.34. The number of ketones is 1. The van der Waals surface area contributed by atoms with Gasteiger partial charge in [-0.2, -0.15) is 0 Å². The number of para-hydroxylation sites is 1. The number of sulfonamides is 1. The maximum absolute atomic E-state index is 12.7. The van der Waals surface area contributed by atoms with Crippen LogP contribution in [0.5, 0.6) is 0 Å². The lowest BCUT2D eigenvalue weighted by atomic mass is 10.0. The van der Waals surface area contributed by atoms with Gasteiger partial charge in [-0.25, -0.2) is 8.42 Å². The summed E-state index contributed by atoms with van der Waals surface area (Å²) in [4.78, 5) is 12.7. The minimum absolute atomic E-state index is 0.0723. The second-order valence-electron chi connectivity index (χ2n) is 4.51. The van der Waals surface area contributed by atoms with Gasteiger partial charge in [0.25, 0.3) is 10.0 Å². The van der Waals surface area contributed by atoms with Crippen molar-refractivity contribution < 1.29 is 13.2 Å². The summed E-state index contributed by atoms with van der Waals surface area (Å²) in [6.45, 7) is 2.04. The molecule has 102 valence electrons. The van der Waals surface area contributed by atoms with Crippen LogP contribution in [0.15, 0.2) is 53.4 Å². The van der Waals surface area contributed by atoms with Crippen LogP contribution in [-0.4, -0.2) is 20.7 Å². The Balaban J connectivity index is 2.44. The summed E-state index contributed by atoms with van der Waals surface area (Å²) >= 11 is 0. The molecule has 4 nitrogen and oxygen atoms in total. The predicted octanol–water partition coefficient (Wildman–Crippen LogP) is 2.45. The molecule has 0 fully saturated rings. The van der Waals surface area contributed by atoms with Gasteiger partial charge in [0.05, 0.1) is 10.6 Å². The van der Waals surface area contributed by atoms with Crippen molar-refractivity contribution in [3.05, 3.63) is 59.7 Å². The van der Waals surface area contributed by atoms with Crippen molar-refractivity contribution in [1.82, 2.24) is 0 Å². The molecular formula is C15H13NO3S. The van der Waals surface area contributed by atoms with Gasteiger partial charge in [-0.3, -0.25) is 9.10 Å². The first-order valence-corrected chi connectivity index (χ1v) is 7.77. The molecule has 2 aromatic rings. The van der Waals surface area contributed by atoms with Crippen LogP contribution < -0.4 is 4.31 Å². The Hall–Kier alpha value is -2.14. The van der Waals surface area contributed by atoms with Gasteiger partial charge < -0.3 is 0 Å². The lowest BCUT2D eigenvalue weighted by Crippen LogP contribution is -2.30. The number of nitrogens with zero attached hydrogens (tertiary/aromatic N) is 1. The SMILES string of the molecule is CCN1c2ccccc2C(=O)c2ccccc2S1(=O)=O. The average Bonchev–Trinajstić information content (AvgIpc) is 2.53. The molecule has 0 radical (unpaired) electrons. The topological polar surface area (TPSA) is 54.5 Å². The Bertz CT molecular complexity index is 796. The van der Waals surface area contributed by atoms with Crippen molar-refractivity contribution in [3.63, 3.8) is 0 Å². The van der Waals surface area contributed by atoms with Crippen molar-refractivity contribution in [3.8, 4) is 0 Å². The fourth-order valence-corrected chi connectivity index (χ4v) is 4.18. The summed E-state index contributed by atoms with van der Waals surface area (Å²) in [7, 11) is -3.70. The molecule has 0 amide bonds. The molecule has 1 aliphatic heterocycles. The number of hydrogen-bond acceptors (Lipinski definition) is 3. The molecule has 0 N–H and O–H groups in total. The van der Waals surface area contributed by atoms with Crippen LogP contribution in [0.25, 0.3) is 0 Å². The van der Waals surface area contributed by atoms with E-state index in [9.17, 15) is 13.2 Å². The molecule has 0 unspecified atom stereocenters. The van der Waals surface area contributed by atoms with Gasteiger partial charge in [-0.1, -0.05) is 24.3 Å². The fraction of sp³-hybridized carbons (Fsp3) is 0.133. The number of hydrogen-bond donors (Lipinski definition) is 0. The van der Waals surface area contributed by atoms with Gasteiger partial charge in [0.1, 0.15) is 0 Å². The van der Waals surface area contributed by atoms with Crippen molar-refractivity contribution in [2.24, 2.45) is 0 Å². The number of benzene rings is 2. The molecule has 0 spiro atoms. The van der Waals surface area contributed by atoms with Crippen LogP contribution in [-0.2, 0) is 10.0 Å². The Morgan fingerprint density at radius 2 is 1.55 bits per heavy atom. The average molecular weight is 287 g/mol. The van der Waals surface area contributed by atoms with Crippen molar-refractivity contribution in [2.45, 2.75) is 11.8 Å². The maximum Gasteiger partial charge on any atom is 0.265 e. The zero-order valence-electron chi connectivity index (χ0n) is 10.9. The van der Waals surface area contributed by atoms with Crippen molar-refractivity contribution in [1.29, 1.82) is 0 Å². The predicted molar refractivity (Wildman–Crippen MR) is 76.5 cm³/mol. The summed E-state index contributed by atoms with van der Waals surface area (Å²) in [5, 5.41) is 0. The van der Waals surface area contributed by atoms with Gasteiger partial charge in [-0.05, 0) is 31.2 Å². The Morgan fingerprint density at radius 1 is 0.950 bits per heavy atom. The van der Waals surface area contributed by atoms with Gasteiger partial charge in [0, 0.05) is 17.7 Å². The van der Waals surface area contributed by atoms with E-state index in [0.717, 1.165) is 0 Å². The standard InChI is InChI=1S/C15H13NO3S/c1-2-16-13-9-5-3-7-11(13)15(17)12-8-4-6-10-14(12)20(16,18)19/h3-10H,2H2,1H3. The van der Waals surface area contributed by atoms with Crippen LogP contribution in [0.4, 0.5) is 5.69 Å². The molecule has 0 saturated carbocycles. The quantitative estimate of drug-likeness (QED) is 0.809. The van der Waals surface area contributed by atoms with E-state index in [-0.39, 0.29) is 22.8 Å². The third-order valence-electron chi connectivity index (χ3n) is 3.40. The lowest BCUT2D eigenvalue weighted by Gasteiger charge is -2.22. The number of carbonyl (C=O) groups is 1. The normalized spacial score (nSPS) is 16.2. The molecule has 5 heteroatoms. The molecule has 2 aromatic carbocycles. The number of carbonyl (C=O) groups excluding carboxylic acids is 1. The Kier molecular flexibility index (Phi) is 2.87. The Labute approximate surface area is 117 Å². The van der Waals surface area contributed by atoms with Gasteiger partial charge in [-0.15, -0.1) is 0 Å². The van der Waals surface area contributed by atoms with Crippen LogP contribution in [0.1, 0.15) is 22.8 Å². The molecule has 0 atom stereocenters. The lowest BCUT2D eigenvalue weighted by molar-refractivity contribution is 0.103. The fourth-order valence-electron chi connectivity index (χ4n) is 2.50. The molecule has 0 aliphatic carbocycles. The van der Waals surface area contributed by atoms with Crippen molar-refractivity contribution >= 4 is 21.5 Å². The van der Waals surface area contributed by atoms with Crippen LogP contribution in [0.3, 0.4) is 0 Å². The molecule has 0 aromatic heterocycles. The van der Waals surface area contributed by atoms with Crippen LogP contribution in [0, 0.1) is 0 Å². The van der Waals surface area contributed by atoms with E-state index in [2.05, 4.69) is 0 Å². The number of fused-ring (bicyclic) bond motifs is 2. The molecule has 1 aliphatic rings. The highest BCUT2D eigenvalue weighted by Crippen LogP contribution is 2.34. The van der Waals surface area contributed by atoms with E-state index in [1.54, 1.807) is 49.4 Å². The number of anilines is 1.